The number of aliphatic hydroxyl groups is 1. The molecule has 0 heterocycles. The number of methoxy groups -OCH3 is 1. The van der Waals surface area contributed by atoms with E-state index in [4.69, 9.17) is 9.84 Å². The minimum atomic E-state index is -1.32. The van der Waals surface area contributed by atoms with Gasteiger partial charge in [-0.1, -0.05) is 0 Å². The van der Waals surface area contributed by atoms with Gasteiger partial charge in [0.05, 0.1) is 12.7 Å². The van der Waals surface area contributed by atoms with E-state index in [1.165, 1.54) is 18.9 Å². The molecule has 0 aromatic heterocycles. The van der Waals surface area contributed by atoms with Crippen molar-refractivity contribution in [1.82, 2.24) is 10.2 Å². The molecule has 0 radical (unpaired) electrons. The summed E-state index contributed by atoms with van der Waals surface area (Å²) in [4.78, 5) is 24.2. The standard InChI is InChI=1S/C11H22N2O5/c1-7(2)13(5-6-18-4)11(17)12-9(8(3)14)10(15)16/h7-9,14H,5-6H2,1-4H3,(H,12,17)(H,15,16)/t8-,9+/m1/s1. The van der Waals surface area contributed by atoms with Crippen LogP contribution in [0.4, 0.5) is 4.79 Å². The molecule has 0 aliphatic carbocycles. The normalized spacial score (nSPS) is 14.1. The van der Waals surface area contributed by atoms with Crippen LogP contribution < -0.4 is 5.32 Å². The molecular formula is C11H22N2O5. The molecule has 0 unspecified atom stereocenters. The van der Waals surface area contributed by atoms with Gasteiger partial charge in [-0.2, -0.15) is 0 Å². The first-order valence-corrected chi connectivity index (χ1v) is 5.78. The second-order valence-corrected chi connectivity index (χ2v) is 4.29. The molecule has 7 nitrogen and oxygen atoms in total. The minimum absolute atomic E-state index is 0.0939. The van der Waals surface area contributed by atoms with Crippen molar-refractivity contribution >= 4 is 12.0 Å². The van der Waals surface area contributed by atoms with Crippen LogP contribution >= 0.6 is 0 Å². The number of aliphatic carboxylic acids is 1. The molecule has 0 saturated heterocycles. The number of nitrogens with zero attached hydrogens (tertiary/aromatic N) is 1. The summed E-state index contributed by atoms with van der Waals surface area (Å²) in [5, 5.41) is 20.4. The van der Waals surface area contributed by atoms with Crippen molar-refractivity contribution in [2.24, 2.45) is 0 Å². The summed E-state index contributed by atoms with van der Waals surface area (Å²) in [6.07, 6.45) is -1.16. The number of ether oxygens (including phenoxy) is 1. The van der Waals surface area contributed by atoms with Gasteiger partial charge >= 0.3 is 12.0 Å². The lowest BCUT2D eigenvalue weighted by Gasteiger charge is -2.28. The first-order valence-electron chi connectivity index (χ1n) is 5.78. The number of rotatable bonds is 7. The number of nitrogens with one attached hydrogen (secondary N) is 1. The molecule has 7 heteroatoms. The predicted molar refractivity (Wildman–Crippen MR) is 65.4 cm³/mol. The topological polar surface area (TPSA) is 99.1 Å². The molecule has 2 atom stereocenters. The Morgan fingerprint density at radius 3 is 2.22 bits per heavy atom. The second kappa shape index (κ2) is 7.88. The smallest absolute Gasteiger partial charge is 0.328 e. The fourth-order valence-electron chi connectivity index (χ4n) is 1.39. The number of amides is 2. The summed E-state index contributed by atoms with van der Waals surface area (Å²) in [6, 6.07) is -1.94. The number of carbonyl (C=O) groups excluding carboxylic acids is 1. The number of aliphatic hydroxyl groups excluding tert-OH is 1. The van der Waals surface area contributed by atoms with Crippen LogP contribution in [0.25, 0.3) is 0 Å². The van der Waals surface area contributed by atoms with Gasteiger partial charge in [-0.3, -0.25) is 0 Å². The number of urea groups is 1. The zero-order chi connectivity index (χ0) is 14.3. The highest BCUT2D eigenvalue weighted by molar-refractivity contribution is 5.83. The van der Waals surface area contributed by atoms with Gasteiger partial charge in [-0.15, -0.1) is 0 Å². The minimum Gasteiger partial charge on any atom is -0.480 e. The van der Waals surface area contributed by atoms with Gasteiger partial charge < -0.3 is 25.2 Å². The van der Waals surface area contributed by atoms with Crippen LogP contribution in [-0.4, -0.2) is 65.6 Å². The molecule has 2 amide bonds. The van der Waals surface area contributed by atoms with Crippen LogP contribution in [0.3, 0.4) is 0 Å². The van der Waals surface area contributed by atoms with Crippen LogP contribution in [0.15, 0.2) is 0 Å². The Hall–Kier alpha value is -1.34. The number of hydrogen-bond donors (Lipinski definition) is 3. The lowest BCUT2D eigenvalue weighted by molar-refractivity contribution is -0.141. The van der Waals surface area contributed by atoms with Gasteiger partial charge in [0, 0.05) is 19.7 Å². The van der Waals surface area contributed by atoms with Crippen molar-refractivity contribution in [3.05, 3.63) is 0 Å². The van der Waals surface area contributed by atoms with Crippen molar-refractivity contribution < 1.29 is 24.5 Å². The summed E-state index contributed by atoms with van der Waals surface area (Å²) >= 11 is 0. The molecule has 0 aromatic carbocycles. The van der Waals surface area contributed by atoms with Crippen LogP contribution in [0.5, 0.6) is 0 Å². The average molecular weight is 262 g/mol. The third-order valence-electron chi connectivity index (χ3n) is 2.45. The molecule has 18 heavy (non-hydrogen) atoms. The monoisotopic (exact) mass is 262 g/mol. The van der Waals surface area contributed by atoms with E-state index in [0.717, 1.165) is 0 Å². The average Bonchev–Trinajstić information content (AvgIpc) is 2.24. The summed E-state index contributed by atoms with van der Waals surface area (Å²) in [5.41, 5.74) is 0. The Labute approximate surface area is 107 Å². The predicted octanol–water partition coefficient (Wildman–Crippen LogP) is -0.113. The number of carboxylic acid groups (broad SMARTS) is 1. The first-order chi connectivity index (χ1) is 8.31. The van der Waals surface area contributed by atoms with Crippen LogP contribution in [0.1, 0.15) is 20.8 Å². The van der Waals surface area contributed by atoms with Gasteiger partial charge in [0.2, 0.25) is 0 Å². The Morgan fingerprint density at radius 2 is 1.89 bits per heavy atom. The van der Waals surface area contributed by atoms with Gasteiger partial charge in [0.25, 0.3) is 0 Å². The zero-order valence-electron chi connectivity index (χ0n) is 11.2. The molecule has 0 bridgehead atoms. The van der Waals surface area contributed by atoms with Crippen molar-refractivity contribution in [1.29, 1.82) is 0 Å². The molecule has 3 N–H and O–H groups in total. The maximum atomic E-state index is 11.9. The van der Waals surface area contributed by atoms with Crippen molar-refractivity contribution in [2.45, 2.75) is 39.0 Å². The van der Waals surface area contributed by atoms with E-state index >= 15 is 0 Å². The number of carbonyl (C=O) groups is 2. The van der Waals surface area contributed by atoms with Gasteiger partial charge in [-0.05, 0) is 20.8 Å². The lowest BCUT2D eigenvalue weighted by atomic mass is 10.2. The fraction of sp³-hybridized carbons (Fsp3) is 0.818. The first kappa shape index (κ1) is 16.7. The van der Waals surface area contributed by atoms with E-state index in [0.29, 0.717) is 13.2 Å². The Bertz CT molecular complexity index is 281. The zero-order valence-corrected chi connectivity index (χ0v) is 11.2. The van der Waals surface area contributed by atoms with Crippen molar-refractivity contribution in [3.8, 4) is 0 Å². The largest absolute Gasteiger partial charge is 0.480 e. The van der Waals surface area contributed by atoms with E-state index in [1.54, 1.807) is 0 Å². The highest BCUT2D eigenvalue weighted by Gasteiger charge is 2.27. The molecule has 0 spiro atoms. The summed E-state index contributed by atoms with van der Waals surface area (Å²) < 4.78 is 4.89. The van der Waals surface area contributed by atoms with Gasteiger partial charge in [0.15, 0.2) is 6.04 Å². The fourth-order valence-corrected chi connectivity index (χ4v) is 1.39. The van der Waals surface area contributed by atoms with E-state index in [9.17, 15) is 14.7 Å². The van der Waals surface area contributed by atoms with Crippen molar-refractivity contribution in [3.63, 3.8) is 0 Å². The van der Waals surface area contributed by atoms with E-state index in [-0.39, 0.29) is 6.04 Å². The summed E-state index contributed by atoms with van der Waals surface area (Å²) in [6.45, 7) is 5.65. The van der Waals surface area contributed by atoms with Crippen molar-refractivity contribution in [2.75, 3.05) is 20.3 Å². The Kier molecular flexibility index (Phi) is 7.30. The maximum absolute atomic E-state index is 11.9. The number of carboxylic acids is 1. The molecule has 106 valence electrons. The summed E-state index contributed by atoms with van der Waals surface area (Å²) in [5.74, 6) is -1.27. The Morgan fingerprint density at radius 1 is 1.33 bits per heavy atom. The SMILES string of the molecule is COCCN(C(=O)N[C@H](C(=O)O)[C@@H](C)O)C(C)C. The van der Waals surface area contributed by atoms with E-state index in [1.807, 2.05) is 13.8 Å². The molecular weight excluding hydrogens is 240 g/mol. The molecule has 0 aliphatic heterocycles. The second-order valence-electron chi connectivity index (χ2n) is 4.29. The third kappa shape index (κ3) is 5.33. The Balaban J connectivity index is 4.62. The maximum Gasteiger partial charge on any atom is 0.328 e. The highest BCUT2D eigenvalue weighted by Crippen LogP contribution is 2.01. The van der Waals surface area contributed by atoms with Gasteiger partial charge in [-0.25, -0.2) is 9.59 Å². The molecule has 0 fully saturated rings. The van der Waals surface area contributed by atoms with Crippen LogP contribution in [0, 0.1) is 0 Å². The lowest BCUT2D eigenvalue weighted by Crippen LogP contribution is -2.54. The molecule has 0 aliphatic rings. The van der Waals surface area contributed by atoms with E-state index < -0.39 is 24.1 Å². The third-order valence-corrected chi connectivity index (χ3v) is 2.45. The molecule has 0 saturated carbocycles. The molecule has 0 rings (SSSR count). The quantitative estimate of drug-likeness (QED) is 0.594. The van der Waals surface area contributed by atoms with E-state index in [2.05, 4.69) is 5.32 Å². The highest BCUT2D eigenvalue weighted by atomic mass is 16.5. The number of hydrogen-bond acceptors (Lipinski definition) is 4. The summed E-state index contributed by atoms with van der Waals surface area (Å²) in [7, 11) is 1.52. The van der Waals surface area contributed by atoms with Crippen LogP contribution in [-0.2, 0) is 9.53 Å². The van der Waals surface area contributed by atoms with Gasteiger partial charge in [0.1, 0.15) is 0 Å². The van der Waals surface area contributed by atoms with Crippen LogP contribution in [0.2, 0.25) is 0 Å². The molecule has 0 aromatic rings.